The number of carbonyl (C=O) groups excluding carboxylic acids is 1. The molecule has 156 valence electrons. The molecule has 7 heteroatoms. The van der Waals surface area contributed by atoms with Gasteiger partial charge in [0.05, 0.1) is 18.2 Å². The van der Waals surface area contributed by atoms with Gasteiger partial charge in [-0.3, -0.25) is 9.78 Å². The average molecular weight is 434 g/mol. The highest BCUT2D eigenvalue weighted by Crippen LogP contribution is 2.23. The number of pyridine rings is 1. The number of para-hydroxylation sites is 1. The first-order valence-electron chi connectivity index (χ1n) is 9.75. The van der Waals surface area contributed by atoms with Gasteiger partial charge in [0.25, 0.3) is 0 Å². The van der Waals surface area contributed by atoms with Crippen LogP contribution in [0.1, 0.15) is 17.3 Å². The summed E-state index contributed by atoms with van der Waals surface area (Å²) < 4.78 is 19.6. The lowest BCUT2D eigenvalue weighted by molar-refractivity contribution is -0.121. The number of nitrogens with one attached hydrogen (secondary N) is 1. The summed E-state index contributed by atoms with van der Waals surface area (Å²) in [6.45, 7) is 0.106. The number of rotatable bonds is 8. The molecule has 4 aromatic rings. The molecule has 0 radical (unpaired) electrons. The van der Waals surface area contributed by atoms with E-state index < -0.39 is 11.9 Å². The lowest BCUT2D eigenvalue weighted by Gasteiger charge is -2.20. The number of ether oxygens (including phenoxy) is 1. The Morgan fingerprint density at radius 1 is 1.06 bits per heavy atom. The smallest absolute Gasteiger partial charge is 0.226 e. The Morgan fingerprint density at radius 3 is 2.65 bits per heavy atom. The zero-order valence-electron chi connectivity index (χ0n) is 16.6. The molecule has 1 atom stereocenters. The van der Waals surface area contributed by atoms with E-state index in [9.17, 15) is 9.18 Å². The van der Waals surface area contributed by atoms with Crippen LogP contribution in [-0.2, 0) is 11.2 Å². The van der Waals surface area contributed by atoms with Crippen LogP contribution in [0.25, 0.3) is 10.6 Å². The molecule has 0 spiro atoms. The second-order valence-electron chi connectivity index (χ2n) is 6.83. The minimum atomic E-state index is -0.439. The molecule has 0 aliphatic carbocycles. The van der Waals surface area contributed by atoms with Gasteiger partial charge in [-0.2, -0.15) is 0 Å². The maximum Gasteiger partial charge on any atom is 0.226 e. The Bertz CT molecular complexity index is 1140. The molecule has 4 rings (SSSR count). The summed E-state index contributed by atoms with van der Waals surface area (Å²) in [6.07, 6.45) is 3.59. The summed E-state index contributed by atoms with van der Waals surface area (Å²) >= 11 is 1.47. The van der Waals surface area contributed by atoms with Crippen molar-refractivity contribution in [2.45, 2.75) is 12.5 Å². The molecule has 1 unspecified atom stereocenters. The highest BCUT2D eigenvalue weighted by atomic mass is 32.1. The average Bonchev–Trinajstić information content (AvgIpc) is 3.27. The summed E-state index contributed by atoms with van der Waals surface area (Å²) in [5.41, 5.74) is 2.48. The van der Waals surface area contributed by atoms with Gasteiger partial charge in [0.1, 0.15) is 11.6 Å². The molecule has 2 aromatic carbocycles. The molecule has 0 aliphatic rings. The van der Waals surface area contributed by atoms with E-state index in [0.29, 0.717) is 5.69 Å². The van der Waals surface area contributed by atoms with Crippen LogP contribution in [-0.4, -0.2) is 22.5 Å². The van der Waals surface area contributed by atoms with E-state index >= 15 is 0 Å². The van der Waals surface area contributed by atoms with Gasteiger partial charge in [0, 0.05) is 23.3 Å². The van der Waals surface area contributed by atoms with E-state index in [1.54, 1.807) is 30.6 Å². The van der Waals surface area contributed by atoms with Crippen molar-refractivity contribution < 1.29 is 13.9 Å². The normalized spacial score (nSPS) is 11.6. The molecule has 0 saturated heterocycles. The molecule has 2 aromatic heterocycles. The van der Waals surface area contributed by atoms with Crippen molar-refractivity contribution in [2.75, 3.05) is 6.61 Å². The monoisotopic (exact) mass is 433 g/mol. The van der Waals surface area contributed by atoms with Crippen LogP contribution in [0, 0.1) is 5.82 Å². The van der Waals surface area contributed by atoms with Crippen LogP contribution in [0.5, 0.6) is 5.75 Å². The van der Waals surface area contributed by atoms with Gasteiger partial charge < -0.3 is 10.1 Å². The lowest BCUT2D eigenvalue weighted by atomic mass is 10.1. The van der Waals surface area contributed by atoms with E-state index in [2.05, 4.69) is 15.3 Å². The summed E-state index contributed by atoms with van der Waals surface area (Å²) in [6, 6.07) is 19.0. The molecule has 2 heterocycles. The third-order valence-electron chi connectivity index (χ3n) is 4.58. The summed E-state index contributed by atoms with van der Waals surface area (Å²) in [7, 11) is 0. The summed E-state index contributed by atoms with van der Waals surface area (Å²) in [4.78, 5) is 21.4. The number of thiazole rings is 1. The molecule has 5 nitrogen and oxygen atoms in total. The van der Waals surface area contributed by atoms with Gasteiger partial charge in [0.15, 0.2) is 11.6 Å². The Labute approximate surface area is 183 Å². The maximum absolute atomic E-state index is 13.9. The van der Waals surface area contributed by atoms with Crippen LogP contribution < -0.4 is 10.1 Å². The number of hydrogen-bond donors (Lipinski definition) is 1. The number of hydrogen-bond acceptors (Lipinski definition) is 5. The van der Waals surface area contributed by atoms with Crippen molar-refractivity contribution in [1.82, 2.24) is 15.3 Å². The maximum atomic E-state index is 13.9. The Hall–Kier alpha value is -3.58. The predicted molar refractivity (Wildman–Crippen MR) is 118 cm³/mol. The number of nitrogens with zero attached hydrogens (tertiary/aromatic N) is 2. The highest BCUT2D eigenvalue weighted by Gasteiger charge is 2.18. The van der Waals surface area contributed by atoms with Crippen LogP contribution in [0.3, 0.4) is 0 Å². The second-order valence-corrected chi connectivity index (χ2v) is 7.69. The molecular formula is C24H20FN3O2S. The first kappa shape index (κ1) is 20.7. The van der Waals surface area contributed by atoms with E-state index in [1.165, 1.54) is 17.4 Å². The van der Waals surface area contributed by atoms with Gasteiger partial charge in [-0.05, 0) is 29.8 Å². The SMILES string of the molecule is O=C(Cc1csc(-c2cccnc2)n1)NC(COc1ccccc1F)c1ccccc1. The van der Waals surface area contributed by atoms with E-state index in [0.717, 1.165) is 16.1 Å². The van der Waals surface area contributed by atoms with Crippen molar-refractivity contribution in [3.63, 3.8) is 0 Å². The molecular weight excluding hydrogens is 413 g/mol. The zero-order chi connectivity index (χ0) is 21.5. The van der Waals surface area contributed by atoms with Gasteiger partial charge in [-0.25, -0.2) is 9.37 Å². The van der Waals surface area contributed by atoms with Crippen LogP contribution >= 0.6 is 11.3 Å². The van der Waals surface area contributed by atoms with E-state index in [4.69, 9.17) is 4.74 Å². The van der Waals surface area contributed by atoms with Crippen molar-refractivity contribution in [2.24, 2.45) is 0 Å². The molecule has 31 heavy (non-hydrogen) atoms. The van der Waals surface area contributed by atoms with Crippen molar-refractivity contribution >= 4 is 17.2 Å². The second kappa shape index (κ2) is 9.95. The summed E-state index contributed by atoms with van der Waals surface area (Å²) in [5, 5.41) is 5.67. The Kier molecular flexibility index (Phi) is 6.64. The standard InChI is InChI=1S/C24H20FN3O2S/c25-20-10-4-5-11-22(20)30-15-21(17-7-2-1-3-8-17)28-23(29)13-19-16-31-24(27-19)18-9-6-12-26-14-18/h1-12,14,16,21H,13,15H2,(H,28,29). The molecule has 0 saturated carbocycles. The number of halogens is 1. The van der Waals surface area contributed by atoms with Crippen LogP contribution in [0.15, 0.2) is 84.5 Å². The number of benzene rings is 2. The first-order valence-corrected chi connectivity index (χ1v) is 10.6. The van der Waals surface area contributed by atoms with Gasteiger partial charge in [0.2, 0.25) is 5.91 Å². The first-order chi connectivity index (χ1) is 15.2. The van der Waals surface area contributed by atoms with Gasteiger partial charge in [-0.1, -0.05) is 42.5 Å². The van der Waals surface area contributed by atoms with E-state index in [-0.39, 0.29) is 24.7 Å². The Balaban J connectivity index is 1.43. The summed E-state index contributed by atoms with van der Waals surface area (Å²) in [5.74, 6) is -0.474. The fourth-order valence-corrected chi connectivity index (χ4v) is 3.87. The quantitative estimate of drug-likeness (QED) is 0.433. The molecule has 0 bridgehead atoms. The van der Waals surface area contributed by atoms with Gasteiger partial charge in [-0.15, -0.1) is 11.3 Å². The Morgan fingerprint density at radius 2 is 1.87 bits per heavy atom. The minimum absolute atomic E-state index is 0.106. The zero-order valence-corrected chi connectivity index (χ0v) is 17.4. The predicted octanol–water partition coefficient (Wildman–Crippen LogP) is 4.82. The minimum Gasteiger partial charge on any atom is -0.488 e. The van der Waals surface area contributed by atoms with Crippen molar-refractivity contribution in [3.8, 4) is 16.3 Å². The number of aromatic nitrogens is 2. The third-order valence-corrected chi connectivity index (χ3v) is 5.52. The third kappa shape index (κ3) is 5.52. The topological polar surface area (TPSA) is 64.1 Å². The number of amides is 1. The van der Waals surface area contributed by atoms with Crippen LogP contribution in [0.4, 0.5) is 4.39 Å². The highest BCUT2D eigenvalue weighted by molar-refractivity contribution is 7.13. The van der Waals surface area contributed by atoms with Crippen LogP contribution in [0.2, 0.25) is 0 Å². The molecule has 1 N–H and O–H groups in total. The van der Waals surface area contributed by atoms with Crippen molar-refractivity contribution in [1.29, 1.82) is 0 Å². The molecule has 1 amide bonds. The van der Waals surface area contributed by atoms with Gasteiger partial charge >= 0.3 is 0 Å². The molecule has 0 aliphatic heterocycles. The fourth-order valence-electron chi connectivity index (χ4n) is 3.06. The lowest BCUT2D eigenvalue weighted by Crippen LogP contribution is -2.33. The molecule has 0 fully saturated rings. The van der Waals surface area contributed by atoms with Crippen molar-refractivity contribution in [3.05, 3.63) is 102 Å². The fraction of sp³-hybridized carbons (Fsp3) is 0.125. The van der Waals surface area contributed by atoms with E-state index in [1.807, 2.05) is 47.8 Å². The number of carbonyl (C=O) groups is 1. The largest absolute Gasteiger partial charge is 0.488 e.